The molecule has 0 saturated heterocycles. The summed E-state index contributed by atoms with van der Waals surface area (Å²) in [5.74, 6) is 0. The first-order valence-corrected chi connectivity index (χ1v) is 13.9. The quantitative estimate of drug-likeness (QED) is 0.215. The Kier molecular flexibility index (Phi) is 5.81. The summed E-state index contributed by atoms with van der Waals surface area (Å²) in [7, 11) is 0. The van der Waals surface area contributed by atoms with Crippen LogP contribution in [0.5, 0.6) is 0 Å². The smallest absolute Gasteiger partial charge is 0.0440 e. The normalized spacial score (nSPS) is 11.3. The number of rotatable bonds is 4. The lowest BCUT2D eigenvalue weighted by Crippen LogP contribution is -1.86. The molecule has 0 bridgehead atoms. The van der Waals surface area contributed by atoms with E-state index >= 15 is 0 Å². The van der Waals surface area contributed by atoms with Crippen LogP contribution in [0.4, 0.5) is 0 Å². The summed E-state index contributed by atoms with van der Waals surface area (Å²) in [5, 5.41) is 3.37. The number of hydrogen-bond acceptors (Lipinski definition) is 1. The summed E-state index contributed by atoms with van der Waals surface area (Å²) in [5.41, 5.74) is 9.73. The first-order chi connectivity index (χ1) is 18.7. The standard InChI is InChI=1S/C36H23ClS/c37-30-16-8-13-27(23-30)26-12-7-14-28(22-26)31-19-20-32(36-35(31)33-17-4-5-18-34(33)38-36)29-15-6-11-25(21-29)24-9-2-1-3-10-24/h1-23H. The van der Waals surface area contributed by atoms with Gasteiger partial charge in [0, 0.05) is 25.2 Å². The molecule has 0 saturated carbocycles. The van der Waals surface area contributed by atoms with Crippen LogP contribution in [0.15, 0.2) is 140 Å². The zero-order valence-corrected chi connectivity index (χ0v) is 22.1. The molecule has 180 valence electrons. The fourth-order valence-electron chi connectivity index (χ4n) is 5.33. The molecule has 7 aromatic rings. The van der Waals surface area contributed by atoms with E-state index in [1.165, 1.54) is 53.6 Å². The van der Waals surface area contributed by atoms with E-state index in [0.717, 1.165) is 16.1 Å². The van der Waals surface area contributed by atoms with Gasteiger partial charge in [-0.05, 0) is 74.8 Å². The monoisotopic (exact) mass is 522 g/mol. The summed E-state index contributed by atoms with van der Waals surface area (Å²) in [6.07, 6.45) is 0. The Bertz CT molecular complexity index is 1930. The Morgan fingerprint density at radius 3 is 1.74 bits per heavy atom. The predicted octanol–water partition coefficient (Wildman–Crippen LogP) is 11.4. The fraction of sp³-hybridized carbons (Fsp3) is 0. The molecule has 7 rings (SSSR count). The third-order valence-corrected chi connectivity index (χ3v) is 8.58. The minimum Gasteiger partial charge on any atom is -0.135 e. The highest BCUT2D eigenvalue weighted by Crippen LogP contribution is 2.45. The summed E-state index contributed by atoms with van der Waals surface area (Å²) in [6, 6.07) is 49.7. The molecule has 0 spiro atoms. The van der Waals surface area contributed by atoms with Gasteiger partial charge >= 0.3 is 0 Å². The van der Waals surface area contributed by atoms with Gasteiger partial charge in [0.05, 0.1) is 0 Å². The van der Waals surface area contributed by atoms with Crippen molar-refractivity contribution in [3.63, 3.8) is 0 Å². The van der Waals surface area contributed by atoms with Crippen LogP contribution in [0.2, 0.25) is 5.02 Å². The van der Waals surface area contributed by atoms with Crippen LogP contribution in [-0.2, 0) is 0 Å². The van der Waals surface area contributed by atoms with E-state index < -0.39 is 0 Å². The zero-order chi connectivity index (χ0) is 25.5. The minimum absolute atomic E-state index is 0.751. The van der Waals surface area contributed by atoms with Crippen molar-refractivity contribution in [2.45, 2.75) is 0 Å². The highest BCUT2D eigenvalue weighted by molar-refractivity contribution is 7.26. The molecule has 0 atom stereocenters. The number of fused-ring (bicyclic) bond motifs is 3. The first-order valence-electron chi connectivity index (χ1n) is 12.7. The van der Waals surface area contributed by atoms with Gasteiger partial charge < -0.3 is 0 Å². The molecule has 0 aliphatic carbocycles. The Morgan fingerprint density at radius 2 is 0.974 bits per heavy atom. The van der Waals surface area contributed by atoms with Gasteiger partial charge in [-0.15, -0.1) is 11.3 Å². The van der Waals surface area contributed by atoms with E-state index in [-0.39, 0.29) is 0 Å². The number of halogens is 1. The summed E-state index contributed by atoms with van der Waals surface area (Å²) < 4.78 is 2.63. The molecule has 1 aromatic heterocycles. The largest absolute Gasteiger partial charge is 0.135 e. The lowest BCUT2D eigenvalue weighted by atomic mass is 9.92. The molecule has 0 radical (unpaired) electrons. The van der Waals surface area contributed by atoms with Crippen LogP contribution in [0, 0.1) is 0 Å². The van der Waals surface area contributed by atoms with Gasteiger partial charge in [0.2, 0.25) is 0 Å². The maximum atomic E-state index is 6.31. The van der Waals surface area contributed by atoms with Crippen molar-refractivity contribution < 1.29 is 0 Å². The van der Waals surface area contributed by atoms with E-state index in [9.17, 15) is 0 Å². The summed E-state index contributed by atoms with van der Waals surface area (Å²) >= 11 is 8.19. The molecule has 0 aliphatic heterocycles. The van der Waals surface area contributed by atoms with Crippen molar-refractivity contribution in [1.82, 2.24) is 0 Å². The Morgan fingerprint density at radius 1 is 0.421 bits per heavy atom. The Labute approximate surface area is 231 Å². The number of benzene rings is 6. The molecular weight excluding hydrogens is 500 g/mol. The highest BCUT2D eigenvalue weighted by Gasteiger charge is 2.16. The van der Waals surface area contributed by atoms with Gasteiger partial charge in [-0.3, -0.25) is 0 Å². The van der Waals surface area contributed by atoms with Crippen LogP contribution in [0.1, 0.15) is 0 Å². The van der Waals surface area contributed by atoms with Crippen molar-refractivity contribution in [3.05, 3.63) is 145 Å². The first kappa shape index (κ1) is 23.0. The van der Waals surface area contributed by atoms with Gasteiger partial charge in [-0.2, -0.15) is 0 Å². The SMILES string of the molecule is Clc1cccc(-c2cccc(-c3ccc(-c4cccc(-c5ccccc5)c4)c4sc5ccccc5c34)c2)c1. The van der Waals surface area contributed by atoms with Gasteiger partial charge in [0.15, 0.2) is 0 Å². The molecule has 0 unspecified atom stereocenters. The lowest BCUT2D eigenvalue weighted by molar-refractivity contribution is 1.60. The van der Waals surface area contributed by atoms with E-state index in [2.05, 4.69) is 121 Å². The van der Waals surface area contributed by atoms with E-state index in [1.807, 2.05) is 29.5 Å². The average molecular weight is 523 g/mol. The topological polar surface area (TPSA) is 0 Å². The average Bonchev–Trinajstić information content (AvgIpc) is 3.37. The second-order valence-electron chi connectivity index (χ2n) is 9.50. The van der Waals surface area contributed by atoms with Gasteiger partial charge in [0.25, 0.3) is 0 Å². The van der Waals surface area contributed by atoms with Gasteiger partial charge in [0.1, 0.15) is 0 Å². The molecule has 0 N–H and O–H groups in total. The van der Waals surface area contributed by atoms with Crippen molar-refractivity contribution in [3.8, 4) is 44.5 Å². The molecule has 1 heterocycles. The third kappa shape index (κ3) is 4.11. The second kappa shape index (κ2) is 9.61. The van der Waals surface area contributed by atoms with E-state index in [1.54, 1.807) is 0 Å². The summed E-state index contributed by atoms with van der Waals surface area (Å²) in [4.78, 5) is 0. The molecular formula is C36H23ClS. The summed E-state index contributed by atoms with van der Waals surface area (Å²) in [6.45, 7) is 0. The van der Waals surface area contributed by atoms with Crippen LogP contribution in [-0.4, -0.2) is 0 Å². The van der Waals surface area contributed by atoms with Gasteiger partial charge in [-0.1, -0.05) is 121 Å². The van der Waals surface area contributed by atoms with Crippen LogP contribution in [0.3, 0.4) is 0 Å². The van der Waals surface area contributed by atoms with E-state index in [0.29, 0.717) is 0 Å². The van der Waals surface area contributed by atoms with Crippen molar-refractivity contribution in [1.29, 1.82) is 0 Å². The predicted molar refractivity (Wildman–Crippen MR) is 166 cm³/mol. The fourth-order valence-corrected chi connectivity index (χ4v) is 6.78. The van der Waals surface area contributed by atoms with Crippen LogP contribution < -0.4 is 0 Å². The number of hydrogen-bond donors (Lipinski definition) is 0. The molecule has 0 fully saturated rings. The lowest BCUT2D eigenvalue weighted by Gasteiger charge is -2.12. The van der Waals surface area contributed by atoms with Crippen molar-refractivity contribution in [2.75, 3.05) is 0 Å². The maximum absolute atomic E-state index is 6.31. The zero-order valence-electron chi connectivity index (χ0n) is 20.6. The van der Waals surface area contributed by atoms with Crippen molar-refractivity contribution >= 4 is 43.1 Å². The highest BCUT2D eigenvalue weighted by atomic mass is 35.5. The Hall–Kier alpha value is -4.17. The van der Waals surface area contributed by atoms with Gasteiger partial charge in [-0.25, -0.2) is 0 Å². The third-order valence-electron chi connectivity index (χ3n) is 7.14. The van der Waals surface area contributed by atoms with Crippen LogP contribution in [0.25, 0.3) is 64.7 Å². The van der Waals surface area contributed by atoms with E-state index in [4.69, 9.17) is 11.6 Å². The van der Waals surface area contributed by atoms with Crippen molar-refractivity contribution in [2.24, 2.45) is 0 Å². The molecule has 2 heteroatoms. The Balaban J connectivity index is 1.44. The minimum atomic E-state index is 0.751. The molecule has 6 aromatic carbocycles. The molecule has 0 amide bonds. The van der Waals surface area contributed by atoms with Crippen LogP contribution >= 0.6 is 22.9 Å². The molecule has 0 nitrogen and oxygen atoms in total. The molecule has 38 heavy (non-hydrogen) atoms. The maximum Gasteiger partial charge on any atom is 0.0440 e. The second-order valence-corrected chi connectivity index (χ2v) is 11.0. The molecule has 0 aliphatic rings. The number of thiophene rings is 1.